The van der Waals surface area contributed by atoms with Crippen molar-refractivity contribution in [1.82, 2.24) is 0 Å². The summed E-state index contributed by atoms with van der Waals surface area (Å²) in [6.45, 7) is 3.54. The number of hydrogen-bond acceptors (Lipinski definition) is 5. The van der Waals surface area contributed by atoms with E-state index in [1.54, 1.807) is 37.3 Å². The van der Waals surface area contributed by atoms with Gasteiger partial charge in [-0.1, -0.05) is 31.2 Å². The zero-order chi connectivity index (χ0) is 16.1. The number of benzene rings is 2. The number of para-hydroxylation sites is 3. The number of hydrogen-bond donors (Lipinski definition) is 1. The number of carbonyl (C=O) groups excluding carboxylic acids is 1. The van der Waals surface area contributed by atoms with Crippen LogP contribution in [0.15, 0.2) is 42.5 Å². The Hall–Kier alpha value is -2.89. The van der Waals surface area contributed by atoms with Gasteiger partial charge in [0, 0.05) is 12.5 Å². The average molecular weight is 300 g/mol. The van der Waals surface area contributed by atoms with Crippen molar-refractivity contribution in [3.8, 4) is 5.75 Å². The molecule has 2 rings (SSSR count). The second-order valence-electron chi connectivity index (χ2n) is 4.67. The number of aryl methyl sites for hydroxylation is 1. The van der Waals surface area contributed by atoms with E-state index in [2.05, 4.69) is 5.32 Å². The molecule has 0 unspecified atom stereocenters. The zero-order valence-electron chi connectivity index (χ0n) is 12.3. The van der Waals surface area contributed by atoms with E-state index in [4.69, 9.17) is 4.74 Å². The Bertz CT molecular complexity index is 713. The summed E-state index contributed by atoms with van der Waals surface area (Å²) in [5.41, 5.74) is 1.66. The van der Waals surface area contributed by atoms with Crippen LogP contribution in [0.4, 0.5) is 17.1 Å². The first-order valence-corrected chi connectivity index (χ1v) is 6.83. The molecule has 0 aliphatic rings. The molecule has 0 amide bonds. The van der Waals surface area contributed by atoms with E-state index in [0.717, 1.165) is 5.56 Å². The molecule has 0 aliphatic carbocycles. The van der Waals surface area contributed by atoms with E-state index in [0.29, 0.717) is 17.1 Å². The van der Waals surface area contributed by atoms with Crippen LogP contribution in [0.1, 0.15) is 18.9 Å². The van der Waals surface area contributed by atoms with Gasteiger partial charge in [0.1, 0.15) is 5.69 Å². The third-order valence-electron chi connectivity index (χ3n) is 3.11. The number of ether oxygens (including phenoxy) is 1. The van der Waals surface area contributed by atoms with Crippen molar-refractivity contribution in [2.24, 2.45) is 0 Å². The molecule has 6 heteroatoms. The normalized spacial score (nSPS) is 10.1. The van der Waals surface area contributed by atoms with Crippen molar-refractivity contribution < 1.29 is 14.5 Å². The maximum absolute atomic E-state index is 11.5. The quantitative estimate of drug-likeness (QED) is 0.391. The molecule has 0 atom stereocenters. The van der Waals surface area contributed by atoms with Gasteiger partial charge in [0.25, 0.3) is 5.69 Å². The van der Waals surface area contributed by atoms with Crippen LogP contribution in [0.5, 0.6) is 5.75 Å². The minimum atomic E-state index is -0.460. The first-order valence-electron chi connectivity index (χ1n) is 6.83. The summed E-state index contributed by atoms with van der Waals surface area (Å²) in [7, 11) is 0. The van der Waals surface area contributed by atoms with Crippen LogP contribution in [0.25, 0.3) is 0 Å². The SMILES string of the molecule is CCC(=O)Oc1cccc(C)c1Nc1ccccc1[N+](=O)[O-]. The van der Waals surface area contributed by atoms with E-state index < -0.39 is 4.92 Å². The Kier molecular flexibility index (Phi) is 4.73. The number of carbonyl (C=O) groups is 1. The monoisotopic (exact) mass is 300 g/mol. The molecule has 0 radical (unpaired) electrons. The number of esters is 1. The standard InChI is InChI=1S/C16H16N2O4/c1-3-15(19)22-14-10-6-7-11(2)16(14)17-12-8-4-5-9-13(12)18(20)21/h4-10,17H,3H2,1-2H3. The zero-order valence-corrected chi connectivity index (χ0v) is 12.3. The fourth-order valence-electron chi connectivity index (χ4n) is 1.95. The van der Waals surface area contributed by atoms with Gasteiger partial charge in [-0.3, -0.25) is 14.9 Å². The van der Waals surface area contributed by atoms with E-state index >= 15 is 0 Å². The lowest BCUT2D eigenvalue weighted by molar-refractivity contribution is -0.383. The Morgan fingerprint density at radius 1 is 1.23 bits per heavy atom. The van der Waals surface area contributed by atoms with Gasteiger partial charge >= 0.3 is 5.97 Å². The Morgan fingerprint density at radius 2 is 1.95 bits per heavy atom. The fourth-order valence-corrected chi connectivity index (χ4v) is 1.95. The predicted molar refractivity (Wildman–Crippen MR) is 83.5 cm³/mol. The lowest BCUT2D eigenvalue weighted by Gasteiger charge is -2.14. The molecular formula is C16H16N2O4. The molecule has 2 aromatic rings. The first-order chi connectivity index (χ1) is 10.5. The van der Waals surface area contributed by atoms with Gasteiger partial charge in [0.2, 0.25) is 0 Å². The molecule has 6 nitrogen and oxygen atoms in total. The first kappa shape index (κ1) is 15.5. The third-order valence-corrected chi connectivity index (χ3v) is 3.11. The van der Waals surface area contributed by atoms with Gasteiger partial charge < -0.3 is 10.1 Å². The minimum absolute atomic E-state index is 0.0430. The van der Waals surface area contributed by atoms with Crippen LogP contribution >= 0.6 is 0 Å². The lowest BCUT2D eigenvalue weighted by Crippen LogP contribution is -2.08. The number of nitrogens with zero attached hydrogens (tertiary/aromatic N) is 1. The predicted octanol–water partition coefficient (Wildman–Crippen LogP) is 3.96. The highest BCUT2D eigenvalue weighted by Gasteiger charge is 2.16. The van der Waals surface area contributed by atoms with Gasteiger partial charge in [0.05, 0.1) is 10.6 Å². The van der Waals surface area contributed by atoms with Crippen LogP contribution in [0.3, 0.4) is 0 Å². The van der Waals surface area contributed by atoms with Crippen LogP contribution < -0.4 is 10.1 Å². The number of anilines is 2. The van der Waals surface area contributed by atoms with Crippen LogP contribution in [0.2, 0.25) is 0 Å². The van der Waals surface area contributed by atoms with Crippen molar-refractivity contribution in [2.45, 2.75) is 20.3 Å². The molecular weight excluding hydrogens is 284 g/mol. The molecule has 0 heterocycles. The van der Waals surface area contributed by atoms with Crippen molar-refractivity contribution in [2.75, 3.05) is 5.32 Å². The topological polar surface area (TPSA) is 81.5 Å². The van der Waals surface area contributed by atoms with Crippen molar-refractivity contribution >= 4 is 23.0 Å². The molecule has 0 spiro atoms. The molecule has 2 aromatic carbocycles. The maximum atomic E-state index is 11.5. The molecule has 0 fully saturated rings. The summed E-state index contributed by atoms with van der Waals surface area (Å²) in [5, 5.41) is 14.1. The molecule has 0 aromatic heterocycles. The van der Waals surface area contributed by atoms with Gasteiger partial charge in [-0.2, -0.15) is 0 Å². The highest BCUT2D eigenvalue weighted by Crippen LogP contribution is 2.34. The van der Waals surface area contributed by atoms with Crippen LogP contribution in [-0.2, 0) is 4.79 Å². The minimum Gasteiger partial charge on any atom is -0.424 e. The van der Waals surface area contributed by atoms with Gasteiger partial charge in [-0.25, -0.2) is 0 Å². The smallest absolute Gasteiger partial charge is 0.310 e. The fraction of sp³-hybridized carbons (Fsp3) is 0.188. The van der Waals surface area contributed by atoms with E-state index in [9.17, 15) is 14.9 Å². The summed E-state index contributed by atoms with van der Waals surface area (Å²) >= 11 is 0. The third kappa shape index (κ3) is 3.41. The molecule has 0 bridgehead atoms. The van der Waals surface area contributed by atoms with Crippen LogP contribution in [0, 0.1) is 17.0 Å². The van der Waals surface area contributed by atoms with Crippen molar-refractivity contribution in [3.63, 3.8) is 0 Å². The van der Waals surface area contributed by atoms with Crippen LogP contribution in [-0.4, -0.2) is 10.9 Å². The van der Waals surface area contributed by atoms with Gasteiger partial charge in [-0.05, 0) is 24.6 Å². The highest BCUT2D eigenvalue weighted by atomic mass is 16.6. The average Bonchev–Trinajstić information content (AvgIpc) is 2.50. The van der Waals surface area contributed by atoms with Crippen molar-refractivity contribution in [3.05, 3.63) is 58.1 Å². The molecule has 0 saturated heterocycles. The van der Waals surface area contributed by atoms with E-state index in [1.165, 1.54) is 6.07 Å². The highest BCUT2D eigenvalue weighted by molar-refractivity contribution is 5.79. The molecule has 0 saturated carbocycles. The number of rotatable bonds is 5. The second kappa shape index (κ2) is 6.71. The lowest BCUT2D eigenvalue weighted by atomic mass is 10.1. The second-order valence-corrected chi connectivity index (χ2v) is 4.67. The molecule has 1 N–H and O–H groups in total. The van der Waals surface area contributed by atoms with E-state index in [-0.39, 0.29) is 18.1 Å². The summed E-state index contributed by atoms with van der Waals surface area (Å²) in [4.78, 5) is 22.1. The number of nitro groups is 1. The van der Waals surface area contributed by atoms with E-state index in [1.807, 2.05) is 13.0 Å². The summed E-state index contributed by atoms with van der Waals surface area (Å²) in [6.07, 6.45) is 0.249. The van der Waals surface area contributed by atoms with Gasteiger partial charge in [-0.15, -0.1) is 0 Å². The Labute approximate surface area is 127 Å². The molecule has 22 heavy (non-hydrogen) atoms. The maximum Gasteiger partial charge on any atom is 0.310 e. The Morgan fingerprint density at radius 3 is 2.64 bits per heavy atom. The Balaban J connectivity index is 2.41. The number of nitro benzene ring substituents is 1. The summed E-state index contributed by atoms with van der Waals surface area (Å²) in [5.74, 6) is -0.0128. The largest absolute Gasteiger partial charge is 0.424 e. The molecule has 0 aliphatic heterocycles. The van der Waals surface area contributed by atoms with Gasteiger partial charge in [0.15, 0.2) is 5.75 Å². The molecule has 114 valence electrons. The van der Waals surface area contributed by atoms with Crippen molar-refractivity contribution in [1.29, 1.82) is 0 Å². The summed E-state index contributed by atoms with van der Waals surface area (Å²) in [6, 6.07) is 11.6. The number of nitrogens with one attached hydrogen (secondary N) is 1. The summed E-state index contributed by atoms with van der Waals surface area (Å²) < 4.78 is 5.28.